The van der Waals surface area contributed by atoms with E-state index in [1.165, 1.54) is 0 Å². The van der Waals surface area contributed by atoms with Crippen molar-refractivity contribution >= 4 is 18.7 Å². The summed E-state index contributed by atoms with van der Waals surface area (Å²) in [6.07, 6.45) is 0.374. The quantitative estimate of drug-likeness (QED) is 0.677. The van der Waals surface area contributed by atoms with Crippen LogP contribution in [0.2, 0.25) is 5.04 Å². The minimum absolute atomic E-state index is 0.243. The predicted octanol–water partition coefficient (Wildman–Crippen LogP) is 1.65. The molecule has 0 aliphatic rings. The maximum atomic E-state index is 11.9. The van der Waals surface area contributed by atoms with Gasteiger partial charge in [-0.3, -0.25) is 0 Å². The maximum absolute atomic E-state index is 11.9. The highest BCUT2D eigenvalue weighted by Gasteiger charge is 2.49. The zero-order valence-electron chi connectivity index (χ0n) is 13.8. The lowest BCUT2D eigenvalue weighted by molar-refractivity contribution is 0.0837. The molecule has 23 heavy (non-hydrogen) atoms. The first kappa shape index (κ1) is 17.9. The highest BCUT2D eigenvalue weighted by molar-refractivity contribution is 6.98. The van der Waals surface area contributed by atoms with Crippen molar-refractivity contribution in [3.63, 3.8) is 0 Å². The molecule has 3 nitrogen and oxygen atoms in total. The lowest BCUT2D eigenvalue weighted by Crippen LogP contribution is -2.65. The van der Waals surface area contributed by atoms with Gasteiger partial charge in [0, 0.05) is 0 Å². The van der Waals surface area contributed by atoms with Crippen LogP contribution in [0.1, 0.15) is 26.7 Å². The third kappa shape index (κ3) is 3.72. The lowest BCUT2D eigenvalue weighted by atomic mass is 10.0. The number of hydrogen-bond acceptors (Lipinski definition) is 3. The Bertz CT molecular complexity index is 559. The van der Waals surface area contributed by atoms with Gasteiger partial charge < -0.3 is 15.0 Å². The van der Waals surface area contributed by atoms with Crippen LogP contribution < -0.4 is 10.4 Å². The fourth-order valence-corrected chi connectivity index (χ4v) is 6.86. The smallest absolute Gasteiger partial charge is 0.258 e. The van der Waals surface area contributed by atoms with Crippen molar-refractivity contribution in [2.24, 2.45) is 0 Å². The van der Waals surface area contributed by atoms with E-state index in [0.29, 0.717) is 12.8 Å². The minimum Gasteiger partial charge on any atom is -0.424 e. The van der Waals surface area contributed by atoms with E-state index < -0.39 is 14.4 Å². The van der Waals surface area contributed by atoms with Gasteiger partial charge in [0.05, 0.1) is 12.7 Å². The van der Waals surface area contributed by atoms with Crippen molar-refractivity contribution in [1.29, 1.82) is 0 Å². The van der Waals surface area contributed by atoms with E-state index in [9.17, 15) is 9.90 Å². The molecule has 4 heteroatoms. The fraction of sp³-hybridized carbons (Fsp3) is 0.368. The van der Waals surface area contributed by atoms with Gasteiger partial charge in [-0.15, -0.1) is 0 Å². The maximum Gasteiger partial charge on any atom is 0.258 e. The average molecular weight is 331 g/mol. The summed E-state index contributed by atoms with van der Waals surface area (Å²) in [5.74, 6) is 0. The molecule has 0 saturated carbocycles. The van der Waals surface area contributed by atoms with E-state index in [-0.39, 0.29) is 11.6 Å². The summed E-state index contributed by atoms with van der Waals surface area (Å²) in [6, 6.07) is 19.7. The highest BCUT2D eigenvalue weighted by Crippen LogP contribution is 2.40. The Labute approximate surface area is 139 Å². The molecule has 3 N–H and O–H groups in total. The van der Waals surface area contributed by atoms with Crippen molar-refractivity contribution in [3.05, 3.63) is 60.7 Å². The van der Waals surface area contributed by atoms with Crippen molar-refractivity contribution in [3.8, 4) is 0 Å². The number of benzene rings is 2. The van der Waals surface area contributed by atoms with Crippen molar-refractivity contribution in [2.45, 2.75) is 37.8 Å². The molecule has 2 rings (SSSR count). The van der Waals surface area contributed by atoms with E-state index in [1.807, 2.05) is 60.7 Å². The second kappa shape index (κ2) is 7.40. The van der Waals surface area contributed by atoms with Gasteiger partial charge in [0.1, 0.15) is 0 Å². The standard InChI is InChI=1S/C19H26O3Si/c1-19(2,14-13-16(21)15-20)23(22,17-9-5-3-6-10-17)18-11-7-4-8-12-18/h3-12,16,20-22H,13-15H2,1-2H3. The Balaban J connectivity index is 2.46. The molecule has 0 bridgehead atoms. The molecule has 0 fully saturated rings. The van der Waals surface area contributed by atoms with Crippen LogP contribution in [0.3, 0.4) is 0 Å². The molecule has 0 saturated heterocycles. The summed E-state index contributed by atoms with van der Waals surface area (Å²) in [5.41, 5.74) is 0. The fourth-order valence-electron chi connectivity index (χ4n) is 3.11. The highest BCUT2D eigenvalue weighted by atomic mass is 28.4. The van der Waals surface area contributed by atoms with Crippen LogP contribution in [-0.4, -0.2) is 36.0 Å². The van der Waals surface area contributed by atoms with Gasteiger partial charge in [-0.1, -0.05) is 74.5 Å². The summed E-state index contributed by atoms with van der Waals surface area (Å²) in [4.78, 5) is 11.9. The first-order valence-corrected chi connectivity index (χ1v) is 9.99. The first-order valence-electron chi connectivity index (χ1n) is 8.04. The van der Waals surface area contributed by atoms with Gasteiger partial charge in [-0.2, -0.15) is 0 Å². The van der Waals surface area contributed by atoms with E-state index in [1.54, 1.807) is 0 Å². The van der Waals surface area contributed by atoms with E-state index >= 15 is 0 Å². The summed E-state index contributed by atoms with van der Waals surface area (Å²) < 4.78 is 0. The Hall–Kier alpha value is -1.46. The average Bonchev–Trinajstić information content (AvgIpc) is 2.60. The normalized spacial score (nSPS) is 13.8. The summed E-state index contributed by atoms with van der Waals surface area (Å²) in [7, 11) is -3.00. The molecule has 0 radical (unpaired) electrons. The molecule has 124 valence electrons. The largest absolute Gasteiger partial charge is 0.424 e. The van der Waals surface area contributed by atoms with Crippen LogP contribution in [0.4, 0.5) is 0 Å². The van der Waals surface area contributed by atoms with Crippen molar-refractivity contribution in [1.82, 2.24) is 0 Å². The van der Waals surface area contributed by atoms with Gasteiger partial charge in [-0.05, 0) is 28.3 Å². The van der Waals surface area contributed by atoms with Gasteiger partial charge in [0.15, 0.2) is 0 Å². The van der Waals surface area contributed by atoms with Gasteiger partial charge in [-0.25, -0.2) is 0 Å². The topological polar surface area (TPSA) is 60.7 Å². The molecule has 0 amide bonds. The number of rotatable bonds is 7. The Morgan fingerprint density at radius 3 is 1.74 bits per heavy atom. The Morgan fingerprint density at radius 1 is 0.913 bits per heavy atom. The third-order valence-corrected chi connectivity index (χ3v) is 9.22. The third-order valence-electron chi connectivity index (χ3n) is 4.68. The summed E-state index contributed by atoms with van der Waals surface area (Å²) in [6.45, 7) is 3.87. The van der Waals surface area contributed by atoms with Crippen LogP contribution >= 0.6 is 0 Å². The van der Waals surface area contributed by atoms with Crippen LogP contribution in [0, 0.1) is 0 Å². The van der Waals surface area contributed by atoms with E-state index in [4.69, 9.17) is 5.11 Å². The van der Waals surface area contributed by atoms with Crippen LogP contribution in [0.15, 0.2) is 60.7 Å². The van der Waals surface area contributed by atoms with Gasteiger partial charge in [0.2, 0.25) is 0 Å². The predicted molar refractivity (Wildman–Crippen MR) is 96.5 cm³/mol. The molecule has 0 aliphatic heterocycles. The first-order chi connectivity index (χ1) is 10.9. The monoisotopic (exact) mass is 330 g/mol. The van der Waals surface area contributed by atoms with Crippen LogP contribution in [0.25, 0.3) is 0 Å². The SMILES string of the molecule is CC(C)(CCC(O)CO)[Si](O)(c1ccccc1)c1ccccc1. The second-order valence-electron chi connectivity index (χ2n) is 6.70. The van der Waals surface area contributed by atoms with E-state index in [0.717, 1.165) is 10.4 Å². The zero-order chi connectivity index (χ0) is 16.9. The molecular weight excluding hydrogens is 304 g/mol. The molecule has 0 heterocycles. The number of hydrogen-bond donors (Lipinski definition) is 3. The van der Waals surface area contributed by atoms with Crippen LogP contribution in [0.5, 0.6) is 0 Å². The molecule has 2 aromatic rings. The summed E-state index contributed by atoms with van der Waals surface area (Å²) >= 11 is 0. The van der Waals surface area contributed by atoms with E-state index in [2.05, 4.69) is 13.8 Å². The molecule has 0 spiro atoms. The number of aliphatic hydroxyl groups is 2. The summed E-state index contributed by atoms with van der Waals surface area (Å²) in [5, 5.41) is 20.3. The molecule has 2 aromatic carbocycles. The number of aliphatic hydroxyl groups excluding tert-OH is 2. The second-order valence-corrected chi connectivity index (χ2v) is 10.6. The van der Waals surface area contributed by atoms with Crippen molar-refractivity contribution in [2.75, 3.05) is 6.61 Å². The molecule has 0 aliphatic carbocycles. The van der Waals surface area contributed by atoms with Crippen molar-refractivity contribution < 1.29 is 15.0 Å². The molecule has 1 unspecified atom stereocenters. The van der Waals surface area contributed by atoms with Gasteiger partial charge in [0.25, 0.3) is 8.32 Å². The minimum atomic E-state index is -3.00. The Morgan fingerprint density at radius 2 is 1.35 bits per heavy atom. The molecule has 0 aromatic heterocycles. The zero-order valence-corrected chi connectivity index (χ0v) is 14.8. The Kier molecular flexibility index (Phi) is 5.76. The lowest BCUT2D eigenvalue weighted by Gasteiger charge is -2.41. The molecule has 1 atom stereocenters. The van der Waals surface area contributed by atoms with Crippen LogP contribution in [-0.2, 0) is 0 Å². The molecular formula is C19H26O3Si. The van der Waals surface area contributed by atoms with Gasteiger partial charge >= 0.3 is 0 Å².